The van der Waals surface area contributed by atoms with E-state index in [1.807, 2.05) is 24.3 Å². The number of rotatable bonds is 9. The van der Waals surface area contributed by atoms with E-state index in [1.165, 1.54) is 12.8 Å². The maximum absolute atomic E-state index is 12.1. The van der Waals surface area contributed by atoms with E-state index in [9.17, 15) is 4.79 Å². The molecule has 0 aliphatic carbocycles. The van der Waals surface area contributed by atoms with Crippen molar-refractivity contribution >= 4 is 35.4 Å². The first-order valence-electron chi connectivity index (χ1n) is 11.9. The Hall–Kier alpha value is -3.95. The molecule has 0 radical (unpaired) electrons. The number of carbonyl (C=O) groups excluding carboxylic acids is 1. The second-order valence-electron chi connectivity index (χ2n) is 8.40. The first kappa shape index (κ1) is 25.2. The lowest BCUT2D eigenvalue weighted by atomic mass is 10.1. The molecule has 0 bridgehead atoms. The number of amides is 1. The number of methoxy groups -OCH3 is 1. The molecule has 2 N–H and O–H groups in total. The van der Waals surface area contributed by atoms with Crippen LogP contribution < -0.4 is 20.4 Å². The number of hydrogen-bond donors (Lipinski definition) is 2. The lowest BCUT2D eigenvalue weighted by Gasteiger charge is -2.35. The Morgan fingerprint density at radius 2 is 1.75 bits per heavy atom. The summed E-state index contributed by atoms with van der Waals surface area (Å²) in [4.78, 5) is 30.6. The van der Waals surface area contributed by atoms with E-state index in [-0.39, 0.29) is 5.91 Å². The van der Waals surface area contributed by atoms with Gasteiger partial charge in [-0.25, -0.2) is 15.4 Å². The average molecular weight is 489 g/mol. The molecule has 188 valence electrons. The molecule has 0 atom stereocenters. The van der Waals surface area contributed by atoms with Crippen LogP contribution in [0.4, 0.5) is 17.3 Å². The number of ether oxygens (including phenoxy) is 1. The van der Waals surface area contributed by atoms with Gasteiger partial charge in [-0.15, -0.1) is 0 Å². The van der Waals surface area contributed by atoms with Gasteiger partial charge in [0.2, 0.25) is 5.95 Å². The molecule has 1 aliphatic heterocycles. The van der Waals surface area contributed by atoms with Crippen LogP contribution in [0.3, 0.4) is 0 Å². The maximum atomic E-state index is 12.1. The van der Waals surface area contributed by atoms with Gasteiger partial charge in [-0.3, -0.25) is 9.63 Å². The smallest absolute Gasteiger partial charge is 0.274 e. The van der Waals surface area contributed by atoms with Gasteiger partial charge in [0.1, 0.15) is 5.75 Å². The first-order valence-corrected chi connectivity index (χ1v) is 11.9. The summed E-state index contributed by atoms with van der Waals surface area (Å²) in [5.74, 6) is 0.751. The van der Waals surface area contributed by atoms with Crippen molar-refractivity contribution in [3.05, 3.63) is 71.5 Å². The molecule has 1 fully saturated rings. The second kappa shape index (κ2) is 12.1. The number of nitrogens with one attached hydrogen (secondary N) is 2. The number of piperazine rings is 1. The van der Waals surface area contributed by atoms with Crippen LogP contribution in [0, 0.1) is 0 Å². The fraction of sp³-hybridized carbons (Fsp3) is 0.296. The highest BCUT2D eigenvalue weighted by atomic mass is 16.6. The van der Waals surface area contributed by atoms with Crippen molar-refractivity contribution in [1.82, 2.24) is 20.3 Å². The van der Waals surface area contributed by atoms with Crippen molar-refractivity contribution in [1.29, 1.82) is 0 Å². The Morgan fingerprint density at radius 1 is 1.00 bits per heavy atom. The van der Waals surface area contributed by atoms with Crippen LogP contribution in [0.2, 0.25) is 0 Å². The highest BCUT2D eigenvalue weighted by Gasteiger charge is 2.16. The number of anilines is 3. The molecule has 0 unspecified atom stereocenters. The van der Waals surface area contributed by atoms with Crippen LogP contribution in [0.1, 0.15) is 28.4 Å². The Bertz CT molecular complexity index is 1190. The van der Waals surface area contributed by atoms with Crippen LogP contribution in [0.25, 0.3) is 12.2 Å². The molecule has 1 aromatic heterocycles. The second-order valence-corrected chi connectivity index (χ2v) is 8.40. The third-order valence-electron chi connectivity index (χ3n) is 6.05. The lowest BCUT2D eigenvalue weighted by Crippen LogP contribution is -2.46. The minimum Gasteiger partial charge on any atom is -0.497 e. The van der Waals surface area contributed by atoms with E-state index in [0.29, 0.717) is 17.3 Å². The third-order valence-corrected chi connectivity index (χ3v) is 6.05. The Kier molecular flexibility index (Phi) is 8.48. The highest BCUT2D eigenvalue weighted by molar-refractivity contribution is 5.94. The molecule has 9 heteroatoms. The standard InChI is InChI=1S/C27H32N6O3/c1-4-32-10-12-33(13-11-32)24-7-5-6-23(17-24)30-27-28-18-21(19-29-27)9-8-20-14-22(26(34)31-36-3)16-25(15-20)35-2/h5-9,14-19H,4,10-13H2,1-3H3,(H,31,34)(H,28,29,30)/b9-8+. The molecule has 2 heterocycles. The van der Waals surface area contributed by atoms with Crippen LogP contribution >= 0.6 is 0 Å². The van der Waals surface area contributed by atoms with Gasteiger partial charge in [-0.2, -0.15) is 0 Å². The Labute approximate surface area is 211 Å². The van der Waals surface area contributed by atoms with Crippen molar-refractivity contribution in [2.45, 2.75) is 6.92 Å². The highest BCUT2D eigenvalue weighted by Crippen LogP contribution is 2.23. The molecule has 4 rings (SSSR count). The Balaban J connectivity index is 1.41. The zero-order chi connectivity index (χ0) is 25.3. The van der Waals surface area contributed by atoms with E-state index >= 15 is 0 Å². The van der Waals surface area contributed by atoms with Gasteiger partial charge in [-0.1, -0.05) is 25.1 Å². The fourth-order valence-corrected chi connectivity index (χ4v) is 4.03. The molecule has 9 nitrogen and oxygen atoms in total. The number of carbonyl (C=O) groups is 1. The van der Waals surface area contributed by atoms with Gasteiger partial charge in [0.05, 0.1) is 14.2 Å². The van der Waals surface area contributed by atoms with E-state index in [1.54, 1.807) is 31.6 Å². The van der Waals surface area contributed by atoms with Gasteiger partial charge in [0.15, 0.2) is 0 Å². The SMILES string of the molecule is CCN1CCN(c2cccc(Nc3ncc(/C=C/c4cc(OC)cc(C(=O)NOC)c4)cn3)c2)CC1. The number of benzene rings is 2. The summed E-state index contributed by atoms with van der Waals surface area (Å²) in [6.45, 7) is 7.54. The summed E-state index contributed by atoms with van der Waals surface area (Å²) < 4.78 is 5.31. The lowest BCUT2D eigenvalue weighted by molar-refractivity contribution is 0.0537. The van der Waals surface area contributed by atoms with Gasteiger partial charge >= 0.3 is 0 Å². The molecule has 1 aliphatic rings. The quantitative estimate of drug-likeness (QED) is 0.439. The number of nitrogens with zero attached hydrogens (tertiary/aromatic N) is 4. The molecule has 0 spiro atoms. The van der Waals surface area contributed by atoms with Crippen LogP contribution in [-0.4, -0.2) is 67.7 Å². The Morgan fingerprint density at radius 3 is 2.44 bits per heavy atom. The summed E-state index contributed by atoms with van der Waals surface area (Å²) in [6, 6.07) is 13.6. The normalized spacial score (nSPS) is 14.1. The van der Waals surface area contributed by atoms with Crippen LogP contribution in [-0.2, 0) is 4.84 Å². The van der Waals surface area contributed by atoms with Gasteiger partial charge < -0.3 is 19.9 Å². The molecule has 3 aromatic rings. The number of likely N-dealkylation sites (N-methyl/N-ethyl adjacent to an activating group) is 1. The van der Waals surface area contributed by atoms with Gasteiger partial charge in [-0.05, 0) is 48.5 Å². The minimum absolute atomic E-state index is 0.350. The number of hydrogen-bond acceptors (Lipinski definition) is 8. The molecule has 2 aromatic carbocycles. The monoisotopic (exact) mass is 488 g/mol. The predicted octanol–water partition coefficient (Wildman–Crippen LogP) is 3.83. The molecule has 1 amide bonds. The van der Waals surface area contributed by atoms with Crippen molar-refractivity contribution in [2.75, 3.05) is 57.2 Å². The summed E-state index contributed by atoms with van der Waals surface area (Å²) >= 11 is 0. The van der Waals surface area contributed by atoms with E-state index in [0.717, 1.165) is 49.5 Å². The largest absolute Gasteiger partial charge is 0.497 e. The van der Waals surface area contributed by atoms with Crippen LogP contribution in [0.15, 0.2) is 54.9 Å². The minimum atomic E-state index is -0.350. The first-order chi connectivity index (χ1) is 17.6. The maximum Gasteiger partial charge on any atom is 0.274 e. The zero-order valence-electron chi connectivity index (χ0n) is 20.9. The molecule has 0 saturated carbocycles. The van der Waals surface area contributed by atoms with Crippen molar-refractivity contribution in [3.63, 3.8) is 0 Å². The number of aromatic nitrogens is 2. The summed E-state index contributed by atoms with van der Waals surface area (Å²) in [5.41, 5.74) is 6.53. The molecular formula is C27H32N6O3. The molecule has 36 heavy (non-hydrogen) atoms. The number of hydroxylamine groups is 1. The third kappa shape index (κ3) is 6.59. The topological polar surface area (TPSA) is 91.8 Å². The zero-order valence-corrected chi connectivity index (χ0v) is 20.9. The molecule has 1 saturated heterocycles. The van der Waals surface area contributed by atoms with E-state index in [2.05, 4.69) is 55.7 Å². The van der Waals surface area contributed by atoms with Crippen molar-refractivity contribution in [2.24, 2.45) is 0 Å². The van der Waals surface area contributed by atoms with E-state index < -0.39 is 0 Å². The summed E-state index contributed by atoms with van der Waals surface area (Å²) in [6.07, 6.45) is 7.25. The summed E-state index contributed by atoms with van der Waals surface area (Å²) in [5, 5.41) is 3.30. The fourth-order valence-electron chi connectivity index (χ4n) is 4.03. The van der Waals surface area contributed by atoms with Crippen LogP contribution in [0.5, 0.6) is 5.75 Å². The van der Waals surface area contributed by atoms with Gasteiger partial charge in [0, 0.05) is 61.1 Å². The summed E-state index contributed by atoms with van der Waals surface area (Å²) in [7, 11) is 2.95. The van der Waals surface area contributed by atoms with Crippen molar-refractivity contribution in [3.8, 4) is 5.75 Å². The van der Waals surface area contributed by atoms with Gasteiger partial charge in [0.25, 0.3) is 5.91 Å². The van der Waals surface area contributed by atoms with E-state index in [4.69, 9.17) is 9.57 Å². The predicted molar refractivity (Wildman–Crippen MR) is 142 cm³/mol. The average Bonchev–Trinajstić information content (AvgIpc) is 2.93. The van der Waals surface area contributed by atoms with Crippen molar-refractivity contribution < 1.29 is 14.4 Å². The molecular weight excluding hydrogens is 456 g/mol.